The average molecular weight is 326 g/mol. The highest BCUT2D eigenvalue weighted by molar-refractivity contribution is 7.89. The third-order valence-corrected chi connectivity index (χ3v) is 5.12. The van der Waals surface area contributed by atoms with Gasteiger partial charge in [-0.2, -0.15) is 0 Å². The van der Waals surface area contributed by atoms with Crippen LogP contribution < -0.4 is 10.0 Å². The standard InChI is InChI=1S/C16H26N2O3S/c1-5-6-14(4)16(19)17-9-10-18-22(20,21)15-11-12(2)7-8-13(15)3/h7-8,11,14,18H,5-6,9-10H2,1-4H3,(H,17,19). The number of rotatable bonds is 8. The molecule has 0 bridgehead atoms. The molecule has 0 radical (unpaired) electrons. The van der Waals surface area contributed by atoms with Gasteiger partial charge in [-0.25, -0.2) is 13.1 Å². The molecule has 1 aromatic rings. The topological polar surface area (TPSA) is 75.3 Å². The van der Waals surface area contributed by atoms with E-state index in [9.17, 15) is 13.2 Å². The summed E-state index contributed by atoms with van der Waals surface area (Å²) in [4.78, 5) is 12.0. The molecule has 0 aliphatic heterocycles. The second-order valence-corrected chi connectivity index (χ2v) is 7.38. The number of carbonyl (C=O) groups excluding carboxylic acids is 1. The van der Waals surface area contributed by atoms with Crippen LogP contribution in [0.3, 0.4) is 0 Å². The van der Waals surface area contributed by atoms with E-state index in [1.54, 1.807) is 19.1 Å². The molecule has 0 spiro atoms. The van der Waals surface area contributed by atoms with Gasteiger partial charge in [0.25, 0.3) is 0 Å². The molecule has 124 valence electrons. The van der Waals surface area contributed by atoms with E-state index in [2.05, 4.69) is 10.0 Å². The Hall–Kier alpha value is -1.40. The summed E-state index contributed by atoms with van der Waals surface area (Å²) in [6.45, 7) is 7.99. The van der Waals surface area contributed by atoms with Crippen molar-refractivity contribution in [2.75, 3.05) is 13.1 Å². The minimum Gasteiger partial charge on any atom is -0.355 e. The van der Waals surface area contributed by atoms with Gasteiger partial charge in [0, 0.05) is 19.0 Å². The molecule has 0 fully saturated rings. The van der Waals surface area contributed by atoms with E-state index in [1.165, 1.54) is 0 Å². The zero-order valence-electron chi connectivity index (χ0n) is 13.8. The number of hydrogen-bond donors (Lipinski definition) is 2. The van der Waals surface area contributed by atoms with E-state index in [-0.39, 0.29) is 29.8 Å². The molecular weight excluding hydrogens is 300 g/mol. The molecule has 0 aliphatic carbocycles. The van der Waals surface area contributed by atoms with Crippen LogP contribution in [0.15, 0.2) is 23.1 Å². The van der Waals surface area contributed by atoms with Gasteiger partial charge in [0.05, 0.1) is 4.90 Å². The lowest BCUT2D eigenvalue weighted by molar-refractivity contribution is -0.124. The Bertz CT molecular complexity index is 612. The van der Waals surface area contributed by atoms with E-state index in [4.69, 9.17) is 0 Å². The van der Waals surface area contributed by atoms with Crippen LogP contribution in [0.1, 0.15) is 37.8 Å². The number of aryl methyl sites for hydroxylation is 2. The highest BCUT2D eigenvalue weighted by atomic mass is 32.2. The molecule has 0 saturated heterocycles. The van der Waals surface area contributed by atoms with Crippen LogP contribution in [0, 0.1) is 19.8 Å². The first-order chi connectivity index (χ1) is 10.3. The molecule has 22 heavy (non-hydrogen) atoms. The van der Waals surface area contributed by atoms with Gasteiger partial charge in [0.2, 0.25) is 15.9 Å². The first-order valence-corrected chi connectivity index (χ1v) is 9.11. The fraction of sp³-hybridized carbons (Fsp3) is 0.562. The van der Waals surface area contributed by atoms with Crippen molar-refractivity contribution in [1.29, 1.82) is 0 Å². The van der Waals surface area contributed by atoms with Gasteiger partial charge < -0.3 is 5.32 Å². The van der Waals surface area contributed by atoms with Crippen molar-refractivity contribution in [3.05, 3.63) is 29.3 Å². The number of nitrogens with one attached hydrogen (secondary N) is 2. The highest BCUT2D eigenvalue weighted by Gasteiger charge is 2.17. The second kappa shape index (κ2) is 8.29. The van der Waals surface area contributed by atoms with Crippen LogP contribution >= 0.6 is 0 Å². The summed E-state index contributed by atoms with van der Waals surface area (Å²) in [7, 11) is -3.54. The maximum atomic E-state index is 12.3. The Morgan fingerprint density at radius 3 is 2.55 bits per heavy atom. The van der Waals surface area contributed by atoms with Gasteiger partial charge in [-0.3, -0.25) is 4.79 Å². The maximum Gasteiger partial charge on any atom is 0.240 e. The van der Waals surface area contributed by atoms with Gasteiger partial charge in [-0.15, -0.1) is 0 Å². The van der Waals surface area contributed by atoms with Crippen LogP contribution in [-0.2, 0) is 14.8 Å². The molecule has 0 aliphatic rings. The van der Waals surface area contributed by atoms with E-state index in [0.717, 1.165) is 18.4 Å². The Labute approximate surface area is 133 Å². The summed E-state index contributed by atoms with van der Waals surface area (Å²) in [6.07, 6.45) is 1.79. The zero-order valence-corrected chi connectivity index (χ0v) is 14.6. The lowest BCUT2D eigenvalue weighted by atomic mass is 10.1. The Kier molecular flexibility index (Phi) is 7.03. The molecule has 0 aromatic heterocycles. The van der Waals surface area contributed by atoms with Gasteiger partial charge in [-0.05, 0) is 37.5 Å². The predicted octanol–water partition coefficient (Wildman–Crippen LogP) is 2.13. The number of benzene rings is 1. The van der Waals surface area contributed by atoms with Gasteiger partial charge in [0.15, 0.2) is 0 Å². The molecule has 1 amide bonds. The largest absolute Gasteiger partial charge is 0.355 e. The Morgan fingerprint density at radius 1 is 1.23 bits per heavy atom. The van der Waals surface area contributed by atoms with Crippen LogP contribution in [0.25, 0.3) is 0 Å². The highest BCUT2D eigenvalue weighted by Crippen LogP contribution is 2.16. The lowest BCUT2D eigenvalue weighted by Crippen LogP contribution is -2.37. The van der Waals surface area contributed by atoms with Gasteiger partial charge in [-0.1, -0.05) is 32.4 Å². The fourth-order valence-electron chi connectivity index (χ4n) is 2.18. The Balaban J connectivity index is 2.53. The summed E-state index contributed by atoms with van der Waals surface area (Å²) in [5.41, 5.74) is 1.60. The lowest BCUT2D eigenvalue weighted by Gasteiger charge is -2.13. The monoisotopic (exact) mass is 326 g/mol. The normalized spacial score (nSPS) is 12.9. The Morgan fingerprint density at radius 2 is 1.91 bits per heavy atom. The smallest absolute Gasteiger partial charge is 0.240 e. The van der Waals surface area contributed by atoms with Crippen molar-refractivity contribution in [1.82, 2.24) is 10.0 Å². The summed E-state index contributed by atoms with van der Waals surface area (Å²) < 4.78 is 27.1. The van der Waals surface area contributed by atoms with E-state index in [1.807, 2.05) is 26.8 Å². The quantitative estimate of drug-likeness (QED) is 0.719. The summed E-state index contributed by atoms with van der Waals surface area (Å²) in [5, 5.41) is 2.75. The number of sulfonamides is 1. The summed E-state index contributed by atoms with van der Waals surface area (Å²) >= 11 is 0. The first-order valence-electron chi connectivity index (χ1n) is 7.62. The molecule has 6 heteroatoms. The zero-order chi connectivity index (χ0) is 16.8. The summed E-state index contributed by atoms with van der Waals surface area (Å²) in [5.74, 6) is -0.0755. The average Bonchev–Trinajstić information content (AvgIpc) is 2.46. The van der Waals surface area contributed by atoms with E-state index in [0.29, 0.717) is 5.56 Å². The number of hydrogen-bond acceptors (Lipinski definition) is 3. The van der Waals surface area contributed by atoms with Crippen LogP contribution in [0.4, 0.5) is 0 Å². The molecule has 0 saturated carbocycles. The number of amides is 1. The summed E-state index contributed by atoms with van der Waals surface area (Å²) in [6, 6.07) is 5.32. The third kappa shape index (κ3) is 5.42. The van der Waals surface area contributed by atoms with Gasteiger partial charge >= 0.3 is 0 Å². The first kappa shape index (κ1) is 18.6. The minimum absolute atomic E-state index is 0.0345. The van der Waals surface area contributed by atoms with Gasteiger partial charge in [0.1, 0.15) is 0 Å². The maximum absolute atomic E-state index is 12.3. The number of carbonyl (C=O) groups is 1. The molecule has 1 unspecified atom stereocenters. The molecular formula is C16H26N2O3S. The fourth-order valence-corrected chi connectivity index (χ4v) is 3.54. The van der Waals surface area contributed by atoms with Crippen LogP contribution in [0.2, 0.25) is 0 Å². The van der Waals surface area contributed by atoms with E-state index < -0.39 is 10.0 Å². The molecule has 0 heterocycles. The molecule has 1 atom stereocenters. The SMILES string of the molecule is CCCC(C)C(=O)NCCNS(=O)(=O)c1cc(C)ccc1C. The predicted molar refractivity (Wildman–Crippen MR) is 88.2 cm³/mol. The van der Waals surface area contributed by atoms with Crippen molar-refractivity contribution in [2.45, 2.75) is 45.4 Å². The van der Waals surface area contributed by atoms with E-state index >= 15 is 0 Å². The third-order valence-electron chi connectivity index (χ3n) is 3.52. The molecule has 5 nitrogen and oxygen atoms in total. The minimum atomic E-state index is -3.54. The van der Waals surface area contributed by atoms with Crippen molar-refractivity contribution in [2.24, 2.45) is 5.92 Å². The van der Waals surface area contributed by atoms with Crippen molar-refractivity contribution in [3.63, 3.8) is 0 Å². The van der Waals surface area contributed by atoms with Crippen molar-refractivity contribution < 1.29 is 13.2 Å². The van der Waals surface area contributed by atoms with Crippen molar-refractivity contribution >= 4 is 15.9 Å². The van der Waals surface area contributed by atoms with Crippen LogP contribution in [-0.4, -0.2) is 27.4 Å². The molecule has 1 rings (SSSR count). The van der Waals surface area contributed by atoms with Crippen molar-refractivity contribution in [3.8, 4) is 0 Å². The second-order valence-electron chi connectivity index (χ2n) is 5.65. The molecule has 2 N–H and O–H groups in total. The van der Waals surface area contributed by atoms with Crippen LogP contribution in [0.5, 0.6) is 0 Å². The molecule has 1 aromatic carbocycles.